The Morgan fingerprint density at radius 3 is 0.653 bits per heavy atom. The quantitative estimate of drug-likeness (QED) is 0.0169. The molecule has 1 aliphatic heterocycles. The molecule has 4 amide bonds. The van der Waals surface area contributed by atoms with Crippen LogP contribution in [0.3, 0.4) is 0 Å². The van der Waals surface area contributed by atoms with Gasteiger partial charge in [0.25, 0.3) is 0 Å². The highest BCUT2D eigenvalue weighted by Crippen LogP contribution is 2.07. The minimum Gasteiger partial charge on any atom is -0.480 e. The molecule has 0 aromatic heterocycles. The first-order valence-corrected chi connectivity index (χ1v) is 23.1. The maximum atomic E-state index is 13.5. The number of carbonyl (C=O) groups is 8. The van der Waals surface area contributed by atoms with E-state index >= 15 is 0 Å². The fraction of sp³-hybridized carbons (Fsp3) is 0.700. The molecule has 0 aromatic carbocycles. The second kappa shape index (κ2) is 34.9. The fourth-order valence-electron chi connectivity index (χ4n) is 7.03. The van der Waals surface area contributed by atoms with Gasteiger partial charge >= 0.3 is 23.9 Å². The van der Waals surface area contributed by atoms with Crippen molar-refractivity contribution in [3.63, 3.8) is 0 Å². The number of aliphatic carboxylic acids is 4. The summed E-state index contributed by atoms with van der Waals surface area (Å²) in [5.41, 5.74) is 42.9. The van der Waals surface area contributed by atoms with E-state index in [0.717, 1.165) is 0 Å². The SMILES string of the molecule is NC(N)=NCCC[C@H](NC(=O)CN1CCN(CC(=O)N[C@@H](CCCN=C(N)N)C(=O)O)CCN(CC(=O)N[C@@H](CCCN=C(N)N)C(=O)O)CCN(CC(=O)N[C@@H](CCCN=C(N)N)C(=O)O)CC1)C(=O)O. The Morgan fingerprint density at radius 1 is 0.347 bits per heavy atom. The Bertz CT molecular complexity index is 1610. The second-order valence-corrected chi connectivity index (χ2v) is 16.7. The van der Waals surface area contributed by atoms with Gasteiger partial charge in [0.15, 0.2) is 23.8 Å². The van der Waals surface area contributed by atoms with Gasteiger partial charge in [0.05, 0.1) is 26.2 Å². The third-order valence-electron chi connectivity index (χ3n) is 10.7. The van der Waals surface area contributed by atoms with E-state index in [-0.39, 0.29) is 180 Å². The van der Waals surface area contributed by atoms with Crippen LogP contribution in [-0.4, -0.2) is 240 Å². The number of carboxylic acids is 4. The van der Waals surface area contributed by atoms with E-state index in [1.54, 1.807) is 19.6 Å². The third-order valence-corrected chi connectivity index (χ3v) is 10.7. The summed E-state index contributed by atoms with van der Waals surface area (Å²) in [6.07, 6.45) is 0.874. The van der Waals surface area contributed by atoms with Crippen LogP contribution in [0.4, 0.5) is 0 Å². The number of carbonyl (C=O) groups excluding carboxylic acids is 4. The van der Waals surface area contributed by atoms with Crippen molar-refractivity contribution in [1.29, 1.82) is 0 Å². The van der Waals surface area contributed by atoms with E-state index in [1.807, 2.05) is 0 Å². The first kappa shape index (κ1) is 62.7. The molecule has 24 N–H and O–H groups in total. The van der Waals surface area contributed by atoms with E-state index in [4.69, 9.17) is 45.9 Å². The van der Waals surface area contributed by atoms with Crippen LogP contribution in [0.5, 0.6) is 0 Å². The highest BCUT2D eigenvalue weighted by atomic mass is 16.4. The average Bonchev–Trinajstić information content (AvgIpc) is 3.27. The molecule has 1 fully saturated rings. The Kier molecular flexibility index (Phi) is 30.4. The zero-order chi connectivity index (χ0) is 54.2. The maximum Gasteiger partial charge on any atom is 0.326 e. The fourth-order valence-corrected chi connectivity index (χ4v) is 7.03. The Hall–Kier alpha value is -7.32. The molecule has 0 radical (unpaired) electrons. The number of nitrogens with one attached hydrogen (secondary N) is 4. The Balaban J connectivity index is 3.57. The van der Waals surface area contributed by atoms with Crippen LogP contribution in [0.1, 0.15) is 51.4 Å². The largest absolute Gasteiger partial charge is 0.480 e. The molecule has 32 nitrogen and oxygen atoms in total. The summed E-state index contributed by atoms with van der Waals surface area (Å²) in [6, 6.07) is -5.22. The number of carboxylic acid groups (broad SMARTS) is 4. The zero-order valence-electron chi connectivity index (χ0n) is 40.5. The molecule has 1 saturated heterocycles. The van der Waals surface area contributed by atoms with Crippen LogP contribution < -0.4 is 67.1 Å². The van der Waals surface area contributed by atoms with Gasteiger partial charge in [-0.3, -0.25) is 58.7 Å². The summed E-state index contributed by atoms with van der Waals surface area (Å²) in [5.74, 6) is -8.64. The minimum atomic E-state index is -1.30. The molecule has 4 atom stereocenters. The Labute approximate surface area is 416 Å². The zero-order valence-corrected chi connectivity index (χ0v) is 40.5. The molecule has 72 heavy (non-hydrogen) atoms. The average molecular weight is 1030 g/mol. The molecule has 408 valence electrons. The molecule has 0 spiro atoms. The van der Waals surface area contributed by atoms with E-state index in [9.17, 15) is 58.8 Å². The lowest BCUT2D eigenvalue weighted by Crippen LogP contribution is -2.53. The van der Waals surface area contributed by atoms with Crippen molar-refractivity contribution in [2.75, 3.05) is 105 Å². The van der Waals surface area contributed by atoms with Crippen molar-refractivity contribution in [1.82, 2.24) is 40.9 Å². The van der Waals surface area contributed by atoms with Crippen molar-refractivity contribution in [2.24, 2.45) is 65.8 Å². The summed E-state index contributed by atoms with van der Waals surface area (Å²) in [7, 11) is 0. The van der Waals surface area contributed by atoms with Gasteiger partial charge in [-0.15, -0.1) is 0 Å². The van der Waals surface area contributed by atoms with E-state index in [0.29, 0.717) is 0 Å². The molecule has 0 aromatic rings. The smallest absolute Gasteiger partial charge is 0.326 e. The van der Waals surface area contributed by atoms with Gasteiger partial charge in [-0.1, -0.05) is 0 Å². The van der Waals surface area contributed by atoms with Gasteiger partial charge in [-0.2, -0.15) is 0 Å². The highest BCUT2D eigenvalue weighted by Gasteiger charge is 2.28. The molecule has 0 aliphatic carbocycles. The molecule has 1 rings (SSSR count). The lowest BCUT2D eigenvalue weighted by atomic mass is 10.1. The summed E-state index contributed by atoms with van der Waals surface area (Å²) in [5, 5.41) is 49.5. The first-order chi connectivity index (χ1) is 33.9. The molecule has 1 heterocycles. The molecule has 1 aliphatic rings. The lowest BCUT2D eigenvalue weighted by molar-refractivity contribution is -0.142. The monoisotopic (exact) mass is 1030 g/mol. The van der Waals surface area contributed by atoms with E-state index < -0.39 is 71.7 Å². The third kappa shape index (κ3) is 30.3. The second-order valence-electron chi connectivity index (χ2n) is 16.7. The van der Waals surface area contributed by atoms with Gasteiger partial charge in [-0.25, -0.2) is 19.2 Å². The number of amides is 4. The highest BCUT2D eigenvalue weighted by molar-refractivity contribution is 5.87. The van der Waals surface area contributed by atoms with Gasteiger partial charge in [0, 0.05) is 78.5 Å². The number of nitrogens with zero attached hydrogens (tertiary/aromatic N) is 8. The van der Waals surface area contributed by atoms with Crippen LogP contribution >= 0.6 is 0 Å². The van der Waals surface area contributed by atoms with Crippen LogP contribution in [0.2, 0.25) is 0 Å². The minimum absolute atomic E-state index is 0.00814. The molecule has 0 unspecified atom stereocenters. The van der Waals surface area contributed by atoms with Crippen molar-refractivity contribution < 1.29 is 58.8 Å². The summed E-state index contributed by atoms with van der Waals surface area (Å²) < 4.78 is 0. The predicted octanol–water partition coefficient (Wildman–Crippen LogP) is -8.30. The molecule has 0 saturated carbocycles. The number of guanidine groups is 4. The summed E-state index contributed by atoms with van der Waals surface area (Å²) in [4.78, 5) is 124. The number of nitrogens with two attached hydrogens (primary N) is 8. The van der Waals surface area contributed by atoms with Crippen molar-refractivity contribution >= 4 is 71.3 Å². The number of aliphatic imine (C=N–C) groups is 4. The Morgan fingerprint density at radius 2 is 0.514 bits per heavy atom. The van der Waals surface area contributed by atoms with Gasteiger partial charge in [0.1, 0.15) is 24.2 Å². The van der Waals surface area contributed by atoms with Crippen LogP contribution in [0.25, 0.3) is 0 Å². The van der Waals surface area contributed by atoms with Gasteiger partial charge < -0.3 is 87.6 Å². The normalized spacial score (nSPS) is 15.8. The van der Waals surface area contributed by atoms with Crippen LogP contribution in [0, 0.1) is 0 Å². The van der Waals surface area contributed by atoms with Crippen molar-refractivity contribution in [3.05, 3.63) is 0 Å². The molecule has 32 heteroatoms. The number of rotatable bonds is 32. The van der Waals surface area contributed by atoms with E-state index in [1.165, 1.54) is 0 Å². The van der Waals surface area contributed by atoms with Crippen LogP contribution in [0.15, 0.2) is 20.0 Å². The first-order valence-electron chi connectivity index (χ1n) is 23.1. The number of hydrogen-bond acceptors (Lipinski definition) is 16. The topological polar surface area (TPSA) is 536 Å². The van der Waals surface area contributed by atoms with E-state index in [2.05, 4.69) is 41.2 Å². The lowest BCUT2D eigenvalue weighted by Gasteiger charge is -2.34. The van der Waals surface area contributed by atoms with Crippen LogP contribution in [-0.2, 0) is 38.4 Å². The molecule has 0 bridgehead atoms. The van der Waals surface area contributed by atoms with Gasteiger partial charge in [0.2, 0.25) is 23.6 Å². The maximum absolute atomic E-state index is 13.5. The molecular formula is C40H76N20O12. The summed E-state index contributed by atoms with van der Waals surface area (Å²) in [6.45, 7) is -0.495. The van der Waals surface area contributed by atoms with Gasteiger partial charge in [-0.05, 0) is 51.4 Å². The number of hydrogen-bond donors (Lipinski definition) is 16. The summed E-state index contributed by atoms with van der Waals surface area (Å²) >= 11 is 0. The predicted molar refractivity (Wildman–Crippen MR) is 264 cm³/mol. The van der Waals surface area contributed by atoms with Crippen molar-refractivity contribution in [2.45, 2.75) is 75.5 Å². The van der Waals surface area contributed by atoms with Crippen molar-refractivity contribution in [3.8, 4) is 0 Å². The standard InChI is InChI=1S/C40H76N20O12/c41-37(42)49-9-1-5-25(33(65)66)53-29(61)21-57-13-15-58(22-30(62)54-26(34(67)68)6-2-10-50-38(43)44)17-19-60(24-32(64)56-28(36(71)72)8-4-12-52-40(47)48)20-18-59(16-14-57)23-31(63)55-27(35(69)70)7-3-11-51-39(45)46/h25-28H,1-24H2,(H,53,61)(H,54,62)(H,55,63)(H,56,64)(H,65,66)(H,67,68)(H,69,70)(H,71,72)(H4,41,42,49)(H4,43,44,50)(H4,45,46,51)(H4,47,48,52)/t25-,26-,27-,28-/m0/s1. The molecular weight excluding hydrogens is 953 g/mol.